The third-order valence-corrected chi connectivity index (χ3v) is 2.44. The van der Waals surface area contributed by atoms with Gasteiger partial charge in [-0.05, 0) is 20.8 Å². The summed E-state index contributed by atoms with van der Waals surface area (Å²) in [6, 6.07) is 0. The topological polar surface area (TPSA) is 70.4 Å². The molecule has 0 fully saturated rings. The highest BCUT2D eigenvalue weighted by Gasteiger charge is 2.29. The summed E-state index contributed by atoms with van der Waals surface area (Å²) in [5.74, 6) is -0.740. The predicted octanol–water partition coefficient (Wildman–Crippen LogP) is 1.26. The van der Waals surface area contributed by atoms with Crippen molar-refractivity contribution in [2.24, 2.45) is 5.41 Å². The minimum atomic E-state index is -0.702. The van der Waals surface area contributed by atoms with Gasteiger partial charge in [0.2, 0.25) is 0 Å². The molecular weight excluding hydrogens is 236 g/mol. The lowest BCUT2D eigenvalue weighted by molar-refractivity contribution is -0.151. The van der Waals surface area contributed by atoms with Crippen molar-refractivity contribution in [1.29, 1.82) is 0 Å². The molecule has 0 aliphatic carbocycles. The number of hydrogen-bond acceptors (Lipinski definition) is 5. The molecule has 0 amide bonds. The average Bonchev–Trinajstić information content (AvgIpc) is 2.76. The molecule has 0 bridgehead atoms. The van der Waals surface area contributed by atoms with E-state index in [9.17, 15) is 9.59 Å². The summed E-state index contributed by atoms with van der Waals surface area (Å²) < 4.78 is 11.1. The van der Waals surface area contributed by atoms with E-state index in [4.69, 9.17) is 9.47 Å². The highest BCUT2D eigenvalue weighted by molar-refractivity contribution is 5.88. The summed E-state index contributed by atoms with van der Waals surface area (Å²) >= 11 is 0. The van der Waals surface area contributed by atoms with Crippen LogP contribution >= 0.6 is 0 Å². The molecule has 0 spiro atoms. The van der Waals surface area contributed by atoms with Crippen LogP contribution < -0.4 is 0 Å². The van der Waals surface area contributed by atoms with Crippen molar-refractivity contribution in [3.63, 3.8) is 0 Å². The Labute approximate surface area is 106 Å². The maximum atomic E-state index is 11.5. The first-order valence-corrected chi connectivity index (χ1v) is 5.68. The van der Waals surface area contributed by atoms with Crippen LogP contribution in [-0.2, 0) is 20.8 Å². The van der Waals surface area contributed by atoms with Crippen LogP contribution in [0.2, 0.25) is 0 Å². The van der Waals surface area contributed by atoms with Gasteiger partial charge >= 0.3 is 11.9 Å². The summed E-state index contributed by atoms with van der Waals surface area (Å²) in [6.45, 7) is 5.90. The predicted molar refractivity (Wildman–Crippen MR) is 64.0 cm³/mol. The zero-order chi connectivity index (χ0) is 13.8. The summed E-state index contributed by atoms with van der Waals surface area (Å²) in [7, 11) is 1.34. The first kappa shape index (κ1) is 14.2. The number of rotatable bonds is 5. The SMILES string of the molecule is CCOC(=O)c1cnn(CC(C)(C)C(=O)OC)c1. The molecule has 0 saturated carbocycles. The fourth-order valence-electron chi connectivity index (χ4n) is 1.52. The van der Waals surface area contributed by atoms with Gasteiger partial charge in [-0.3, -0.25) is 9.48 Å². The summed E-state index contributed by atoms with van der Waals surface area (Å²) in [4.78, 5) is 23.0. The Balaban J connectivity index is 2.75. The van der Waals surface area contributed by atoms with E-state index in [0.29, 0.717) is 18.7 Å². The molecule has 0 unspecified atom stereocenters. The molecule has 100 valence electrons. The highest BCUT2D eigenvalue weighted by Crippen LogP contribution is 2.19. The molecule has 0 saturated heterocycles. The van der Waals surface area contributed by atoms with E-state index in [2.05, 4.69) is 5.10 Å². The lowest BCUT2D eigenvalue weighted by Gasteiger charge is -2.20. The molecule has 1 rings (SSSR count). The lowest BCUT2D eigenvalue weighted by atomic mass is 9.94. The molecule has 1 aromatic heterocycles. The van der Waals surface area contributed by atoms with Crippen LogP contribution in [0.25, 0.3) is 0 Å². The Morgan fingerprint density at radius 1 is 1.44 bits per heavy atom. The van der Waals surface area contributed by atoms with E-state index in [-0.39, 0.29) is 5.97 Å². The number of carbonyl (C=O) groups excluding carboxylic acids is 2. The van der Waals surface area contributed by atoms with Gasteiger partial charge in [-0.15, -0.1) is 0 Å². The van der Waals surface area contributed by atoms with Crippen LogP contribution in [0.4, 0.5) is 0 Å². The second-order valence-corrected chi connectivity index (χ2v) is 4.52. The highest BCUT2D eigenvalue weighted by atomic mass is 16.5. The van der Waals surface area contributed by atoms with E-state index in [1.165, 1.54) is 18.0 Å². The zero-order valence-electron chi connectivity index (χ0n) is 11.1. The van der Waals surface area contributed by atoms with E-state index in [1.807, 2.05) is 0 Å². The van der Waals surface area contributed by atoms with E-state index in [1.54, 1.807) is 27.0 Å². The number of ether oxygens (including phenoxy) is 2. The average molecular weight is 254 g/mol. The lowest BCUT2D eigenvalue weighted by Crippen LogP contribution is -2.30. The largest absolute Gasteiger partial charge is 0.469 e. The standard InChI is InChI=1S/C12H18N2O4/c1-5-18-10(15)9-6-13-14(7-9)8-12(2,3)11(16)17-4/h6-7H,5,8H2,1-4H3. The summed E-state index contributed by atoms with van der Waals surface area (Å²) in [6.07, 6.45) is 2.98. The molecule has 6 heteroatoms. The number of hydrogen-bond donors (Lipinski definition) is 0. The quantitative estimate of drug-likeness (QED) is 0.740. The van der Waals surface area contributed by atoms with Gasteiger partial charge in [-0.25, -0.2) is 4.79 Å². The Kier molecular flexibility index (Phi) is 4.47. The second kappa shape index (κ2) is 5.66. The molecule has 1 aromatic rings. The van der Waals surface area contributed by atoms with Crippen molar-refractivity contribution in [2.45, 2.75) is 27.3 Å². The monoisotopic (exact) mass is 254 g/mol. The smallest absolute Gasteiger partial charge is 0.341 e. The molecule has 0 aliphatic heterocycles. The number of esters is 2. The summed E-state index contributed by atoms with van der Waals surface area (Å²) in [5, 5.41) is 4.03. The number of carbonyl (C=O) groups is 2. The Morgan fingerprint density at radius 2 is 2.11 bits per heavy atom. The number of nitrogens with zero attached hydrogens (tertiary/aromatic N) is 2. The second-order valence-electron chi connectivity index (χ2n) is 4.52. The molecule has 18 heavy (non-hydrogen) atoms. The first-order chi connectivity index (χ1) is 8.40. The Bertz CT molecular complexity index is 437. The molecular formula is C12H18N2O4. The van der Waals surface area contributed by atoms with Gasteiger partial charge < -0.3 is 9.47 Å². The van der Waals surface area contributed by atoms with E-state index >= 15 is 0 Å². The Hall–Kier alpha value is -1.85. The Morgan fingerprint density at radius 3 is 2.67 bits per heavy atom. The zero-order valence-corrected chi connectivity index (χ0v) is 11.1. The molecule has 0 aromatic carbocycles. The van der Waals surface area contributed by atoms with Crippen LogP contribution in [-0.4, -0.2) is 35.4 Å². The van der Waals surface area contributed by atoms with Crippen molar-refractivity contribution < 1.29 is 19.1 Å². The van der Waals surface area contributed by atoms with Crippen molar-refractivity contribution in [1.82, 2.24) is 9.78 Å². The van der Waals surface area contributed by atoms with Crippen LogP contribution in [0, 0.1) is 5.41 Å². The van der Waals surface area contributed by atoms with Crippen molar-refractivity contribution in [3.05, 3.63) is 18.0 Å². The van der Waals surface area contributed by atoms with E-state index in [0.717, 1.165) is 0 Å². The summed E-state index contributed by atoms with van der Waals surface area (Å²) in [5.41, 5.74) is -0.329. The molecule has 0 N–H and O–H groups in total. The molecule has 0 aliphatic rings. The van der Waals surface area contributed by atoms with E-state index < -0.39 is 11.4 Å². The van der Waals surface area contributed by atoms with Crippen molar-refractivity contribution in [3.8, 4) is 0 Å². The van der Waals surface area contributed by atoms with Crippen molar-refractivity contribution in [2.75, 3.05) is 13.7 Å². The van der Waals surface area contributed by atoms with Crippen LogP contribution in [0.1, 0.15) is 31.1 Å². The van der Waals surface area contributed by atoms with Gasteiger partial charge in [-0.1, -0.05) is 0 Å². The van der Waals surface area contributed by atoms with Gasteiger partial charge in [0, 0.05) is 6.20 Å². The minimum absolute atomic E-state index is 0.317. The van der Waals surface area contributed by atoms with Crippen LogP contribution in [0.15, 0.2) is 12.4 Å². The van der Waals surface area contributed by atoms with Gasteiger partial charge in [0.1, 0.15) is 0 Å². The minimum Gasteiger partial charge on any atom is -0.469 e. The fraction of sp³-hybridized carbons (Fsp3) is 0.583. The molecule has 0 radical (unpaired) electrons. The normalized spacial score (nSPS) is 11.1. The van der Waals surface area contributed by atoms with Crippen molar-refractivity contribution >= 4 is 11.9 Å². The number of methoxy groups -OCH3 is 1. The van der Waals surface area contributed by atoms with Gasteiger partial charge in [0.25, 0.3) is 0 Å². The fourth-order valence-corrected chi connectivity index (χ4v) is 1.52. The third kappa shape index (κ3) is 3.32. The molecule has 0 atom stereocenters. The third-order valence-electron chi connectivity index (χ3n) is 2.44. The van der Waals surface area contributed by atoms with Crippen LogP contribution in [0.5, 0.6) is 0 Å². The first-order valence-electron chi connectivity index (χ1n) is 5.68. The van der Waals surface area contributed by atoms with Crippen LogP contribution in [0.3, 0.4) is 0 Å². The molecule has 6 nitrogen and oxygen atoms in total. The maximum Gasteiger partial charge on any atom is 0.341 e. The number of aromatic nitrogens is 2. The van der Waals surface area contributed by atoms with Gasteiger partial charge in [0.05, 0.1) is 37.4 Å². The maximum absolute atomic E-state index is 11.5. The van der Waals surface area contributed by atoms with Gasteiger partial charge in [0.15, 0.2) is 0 Å². The van der Waals surface area contributed by atoms with Gasteiger partial charge in [-0.2, -0.15) is 5.10 Å². The molecule has 1 heterocycles.